The number of hydrogen-bond donors (Lipinski definition) is 1. The zero-order chi connectivity index (χ0) is 22.2. The van der Waals surface area contributed by atoms with Crippen molar-refractivity contribution < 1.29 is 23.8 Å². The van der Waals surface area contributed by atoms with E-state index in [0.717, 1.165) is 6.42 Å². The van der Waals surface area contributed by atoms with Gasteiger partial charge < -0.3 is 24.4 Å². The number of aryl methyl sites for hydroxylation is 1. The van der Waals surface area contributed by atoms with E-state index >= 15 is 0 Å². The second kappa shape index (κ2) is 10.7. The molecule has 1 heterocycles. The summed E-state index contributed by atoms with van der Waals surface area (Å²) in [5.74, 6) is 1.58. The van der Waals surface area contributed by atoms with Crippen LogP contribution in [0.4, 0.5) is 0 Å². The van der Waals surface area contributed by atoms with Crippen molar-refractivity contribution in [1.82, 2.24) is 10.2 Å². The van der Waals surface area contributed by atoms with Crippen molar-refractivity contribution in [1.29, 1.82) is 0 Å². The molecule has 0 saturated carbocycles. The predicted molar refractivity (Wildman–Crippen MR) is 118 cm³/mol. The number of piperidine rings is 1. The molecule has 2 aromatic carbocycles. The summed E-state index contributed by atoms with van der Waals surface area (Å²) >= 11 is 0. The van der Waals surface area contributed by atoms with Gasteiger partial charge in [-0.05, 0) is 49.1 Å². The van der Waals surface area contributed by atoms with Crippen LogP contribution < -0.4 is 19.5 Å². The van der Waals surface area contributed by atoms with Gasteiger partial charge in [0.1, 0.15) is 17.2 Å². The lowest BCUT2D eigenvalue weighted by molar-refractivity contribution is -0.124. The highest BCUT2D eigenvalue weighted by molar-refractivity contribution is 5.97. The third-order valence-corrected chi connectivity index (χ3v) is 5.49. The van der Waals surface area contributed by atoms with Crippen LogP contribution in [0.1, 0.15) is 35.7 Å². The molecule has 0 bridgehead atoms. The molecule has 1 aliphatic heterocycles. The number of nitrogens with zero attached hydrogens (tertiary/aromatic N) is 1. The summed E-state index contributed by atoms with van der Waals surface area (Å²) in [7, 11) is 3.11. The van der Waals surface area contributed by atoms with E-state index < -0.39 is 0 Å². The molecule has 1 fully saturated rings. The Hall–Kier alpha value is -3.22. The molecule has 0 aliphatic carbocycles. The number of carbonyl (C=O) groups is 2. The van der Waals surface area contributed by atoms with Crippen molar-refractivity contribution in [2.24, 2.45) is 0 Å². The first-order valence-corrected chi connectivity index (χ1v) is 10.6. The van der Waals surface area contributed by atoms with E-state index in [0.29, 0.717) is 48.7 Å². The summed E-state index contributed by atoms with van der Waals surface area (Å²) in [5.41, 5.74) is 1.73. The fourth-order valence-electron chi connectivity index (χ4n) is 3.61. The van der Waals surface area contributed by atoms with Gasteiger partial charge in [-0.2, -0.15) is 0 Å². The van der Waals surface area contributed by atoms with Crippen LogP contribution in [0.3, 0.4) is 0 Å². The maximum absolute atomic E-state index is 12.9. The quantitative estimate of drug-likeness (QED) is 0.702. The van der Waals surface area contributed by atoms with Gasteiger partial charge in [-0.15, -0.1) is 0 Å². The van der Waals surface area contributed by atoms with Gasteiger partial charge in [0.15, 0.2) is 6.61 Å². The highest BCUT2D eigenvalue weighted by Crippen LogP contribution is 2.26. The van der Waals surface area contributed by atoms with E-state index in [4.69, 9.17) is 14.2 Å². The summed E-state index contributed by atoms with van der Waals surface area (Å²) in [4.78, 5) is 26.9. The molecule has 0 aromatic heterocycles. The lowest BCUT2D eigenvalue weighted by atomic mass is 10.0. The fourth-order valence-corrected chi connectivity index (χ4v) is 3.61. The largest absolute Gasteiger partial charge is 0.497 e. The van der Waals surface area contributed by atoms with E-state index in [2.05, 4.69) is 12.2 Å². The molecule has 0 atom stereocenters. The van der Waals surface area contributed by atoms with Gasteiger partial charge in [-0.25, -0.2) is 0 Å². The number of likely N-dealkylation sites (tertiary alicyclic amines) is 1. The third kappa shape index (κ3) is 5.90. The number of rotatable bonds is 8. The monoisotopic (exact) mass is 426 g/mol. The van der Waals surface area contributed by atoms with Crippen LogP contribution >= 0.6 is 0 Å². The van der Waals surface area contributed by atoms with Crippen molar-refractivity contribution in [3.05, 3.63) is 53.6 Å². The Balaban J connectivity index is 1.46. The van der Waals surface area contributed by atoms with Crippen molar-refractivity contribution in [2.45, 2.75) is 32.2 Å². The van der Waals surface area contributed by atoms with Gasteiger partial charge in [-0.1, -0.05) is 19.1 Å². The fraction of sp³-hybridized carbons (Fsp3) is 0.417. The average molecular weight is 427 g/mol. The van der Waals surface area contributed by atoms with Crippen molar-refractivity contribution in [2.75, 3.05) is 33.9 Å². The van der Waals surface area contributed by atoms with Crippen molar-refractivity contribution >= 4 is 11.8 Å². The van der Waals surface area contributed by atoms with Crippen LogP contribution in [-0.2, 0) is 11.2 Å². The number of carbonyl (C=O) groups excluding carboxylic acids is 2. The maximum atomic E-state index is 12.9. The molecule has 1 saturated heterocycles. The first kappa shape index (κ1) is 22.5. The van der Waals surface area contributed by atoms with Crippen LogP contribution in [0.2, 0.25) is 0 Å². The minimum absolute atomic E-state index is 0.0202. The maximum Gasteiger partial charge on any atom is 0.258 e. The number of hydrogen-bond acceptors (Lipinski definition) is 5. The zero-order valence-electron chi connectivity index (χ0n) is 18.3. The second-order valence-corrected chi connectivity index (χ2v) is 7.49. The summed E-state index contributed by atoms with van der Waals surface area (Å²) < 4.78 is 16.1. The highest BCUT2D eigenvalue weighted by atomic mass is 16.5. The van der Waals surface area contributed by atoms with Crippen LogP contribution in [0, 0.1) is 0 Å². The topological polar surface area (TPSA) is 77.1 Å². The van der Waals surface area contributed by atoms with Crippen molar-refractivity contribution in [3.8, 4) is 17.2 Å². The molecule has 31 heavy (non-hydrogen) atoms. The molecule has 1 aliphatic rings. The lowest BCUT2D eigenvalue weighted by Crippen LogP contribution is -2.47. The number of benzene rings is 2. The zero-order valence-corrected chi connectivity index (χ0v) is 18.3. The van der Waals surface area contributed by atoms with Crippen molar-refractivity contribution in [3.63, 3.8) is 0 Å². The van der Waals surface area contributed by atoms with E-state index in [-0.39, 0.29) is 24.5 Å². The van der Waals surface area contributed by atoms with Gasteiger partial charge in [0, 0.05) is 25.2 Å². The third-order valence-electron chi connectivity index (χ3n) is 5.49. The molecule has 2 amide bonds. The number of methoxy groups -OCH3 is 2. The van der Waals surface area contributed by atoms with Gasteiger partial charge in [0.05, 0.1) is 19.8 Å². The first-order chi connectivity index (χ1) is 15.0. The average Bonchev–Trinajstić information content (AvgIpc) is 2.82. The smallest absolute Gasteiger partial charge is 0.258 e. The van der Waals surface area contributed by atoms with Gasteiger partial charge in [0.25, 0.3) is 11.8 Å². The van der Waals surface area contributed by atoms with Crippen LogP contribution in [0.25, 0.3) is 0 Å². The Bertz CT molecular complexity index is 889. The molecular weight excluding hydrogens is 396 g/mol. The molecule has 166 valence electrons. The Morgan fingerprint density at radius 2 is 1.68 bits per heavy atom. The second-order valence-electron chi connectivity index (χ2n) is 7.49. The van der Waals surface area contributed by atoms with Gasteiger partial charge in [-0.3, -0.25) is 9.59 Å². The molecule has 0 unspecified atom stereocenters. The summed E-state index contributed by atoms with van der Waals surface area (Å²) in [6.45, 7) is 3.21. The van der Waals surface area contributed by atoms with E-state index in [9.17, 15) is 9.59 Å². The van der Waals surface area contributed by atoms with E-state index in [1.54, 1.807) is 30.2 Å². The summed E-state index contributed by atoms with van der Waals surface area (Å²) in [5, 5.41) is 3.01. The van der Waals surface area contributed by atoms with Crippen LogP contribution in [0.5, 0.6) is 17.2 Å². The lowest BCUT2D eigenvalue weighted by Gasteiger charge is -2.32. The van der Waals surface area contributed by atoms with Crippen LogP contribution in [0.15, 0.2) is 42.5 Å². The molecule has 7 nitrogen and oxygen atoms in total. The first-order valence-electron chi connectivity index (χ1n) is 10.6. The number of ether oxygens (including phenoxy) is 3. The van der Waals surface area contributed by atoms with Gasteiger partial charge in [0.2, 0.25) is 0 Å². The van der Waals surface area contributed by atoms with Gasteiger partial charge >= 0.3 is 0 Å². The predicted octanol–water partition coefficient (Wildman–Crippen LogP) is 3.07. The molecule has 2 aromatic rings. The summed E-state index contributed by atoms with van der Waals surface area (Å²) in [6, 6.07) is 13.0. The van der Waals surface area contributed by atoms with E-state index in [1.165, 1.54) is 12.7 Å². The number of amides is 2. The SMILES string of the molecule is CCc1ccc(OCC(=O)NC2CCN(C(=O)c3ccc(OC)cc3OC)CC2)cc1. The highest BCUT2D eigenvalue weighted by Gasteiger charge is 2.26. The summed E-state index contributed by atoms with van der Waals surface area (Å²) in [6.07, 6.45) is 2.36. The Labute approximate surface area is 183 Å². The Kier molecular flexibility index (Phi) is 7.76. The Morgan fingerprint density at radius 3 is 2.29 bits per heavy atom. The normalized spacial score (nSPS) is 14.1. The molecular formula is C24H30N2O5. The Morgan fingerprint density at radius 1 is 1.00 bits per heavy atom. The molecule has 1 N–H and O–H groups in total. The molecule has 3 rings (SSSR count). The van der Waals surface area contributed by atoms with E-state index in [1.807, 2.05) is 24.3 Å². The minimum atomic E-state index is -0.152. The van der Waals surface area contributed by atoms with Crippen LogP contribution in [-0.4, -0.2) is 56.7 Å². The standard InChI is InChI=1S/C24H30N2O5/c1-4-17-5-7-19(8-6-17)31-16-23(27)25-18-11-13-26(14-12-18)24(28)21-10-9-20(29-2)15-22(21)30-3/h5-10,15,18H,4,11-14,16H2,1-3H3,(H,25,27). The molecule has 0 radical (unpaired) electrons. The minimum Gasteiger partial charge on any atom is -0.497 e. The molecule has 7 heteroatoms. The number of nitrogens with one attached hydrogen (secondary N) is 1. The molecule has 0 spiro atoms.